The summed E-state index contributed by atoms with van der Waals surface area (Å²) in [5.74, 6) is 1.57. The monoisotopic (exact) mass is 474 g/mol. The second-order valence-corrected chi connectivity index (χ2v) is 9.15. The first-order valence-corrected chi connectivity index (χ1v) is 12.1. The Morgan fingerprint density at radius 1 is 1.17 bits per heavy atom. The van der Waals surface area contributed by atoms with Crippen molar-refractivity contribution in [3.05, 3.63) is 59.3 Å². The Balaban J connectivity index is 1.21. The number of amides is 1. The van der Waals surface area contributed by atoms with Crippen LogP contribution in [-0.4, -0.2) is 36.8 Å². The first-order valence-electron chi connectivity index (χ1n) is 12.1. The maximum absolute atomic E-state index is 12.9. The highest BCUT2D eigenvalue weighted by Crippen LogP contribution is 2.32. The van der Waals surface area contributed by atoms with E-state index in [0.29, 0.717) is 24.9 Å². The van der Waals surface area contributed by atoms with Crippen molar-refractivity contribution >= 4 is 22.8 Å². The molecule has 9 nitrogen and oxygen atoms in total. The molecule has 0 spiro atoms. The van der Waals surface area contributed by atoms with Crippen molar-refractivity contribution < 1.29 is 9.53 Å². The number of hydrogen-bond donors (Lipinski definition) is 2. The molecular weight excluding hydrogens is 444 g/mol. The number of ether oxygens (including phenoxy) is 1. The Kier molecular flexibility index (Phi) is 6.39. The summed E-state index contributed by atoms with van der Waals surface area (Å²) in [6, 6.07) is 11.4. The van der Waals surface area contributed by atoms with Crippen LogP contribution in [-0.2, 0) is 18.4 Å². The quantitative estimate of drug-likeness (QED) is 0.422. The normalized spacial score (nSPS) is 18.0. The highest BCUT2D eigenvalue weighted by atomic mass is 16.5. The zero-order valence-corrected chi connectivity index (χ0v) is 20.0. The van der Waals surface area contributed by atoms with Gasteiger partial charge in [0.15, 0.2) is 5.82 Å². The highest BCUT2D eigenvalue weighted by molar-refractivity contribution is 5.92. The molecule has 5 rings (SSSR count). The Morgan fingerprint density at radius 3 is 2.74 bits per heavy atom. The largest absolute Gasteiger partial charge is 0.494 e. The van der Waals surface area contributed by atoms with Gasteiger partial charge in [0, 0.05) is 49.6 Å². The van der Waals surface area contributed by atoms with E-state index in [1.165, 1.54) is 0 Å². The van der Waals surface area contributed by atoms with Crippen molar-refractivity contribution in [2.24, 2.45) is 18.9 Å². The van der Waals surface area contributed by atoms with Crippen LogP contribution in [0.4, 0.5) is 5.82 Å². The fourth-order valence-corrected chi connectivity index (χ4v) is 4.97. The summed E-state index contributed by atoms with van der Waals surface area (Å²) in [5.41, 5.74) is 3.50. The standard InChI is InChI=1S/C26H30N6O3/c1-3-35-20-10-11-22-23(13-20)32(26(34)31(22)2)16-17-6-8-18(9-7-17)25(33)28-24-14-21(29-30-24)19-5-4-12-27-15-19/h4-5,10-15,17-18H,3,6-9,16H2,1-2H3,(H2,28,29,30,33). The summed E-state index contributed by atoms with van der Waals surface area (Å²) in [6.07, 6.45) is 6.84. The van der Waals surface area contributed by atoms with Crippen molar-refractivity contribution in [3.63, 3.8) is 0 Å². The van der Waals surface area contributed by atoms with Gasteiger partial charge in [-0.25, -0.2) is 4.79 Å². The lowest BCUT2D eigenvalue weighted by Crippen LogP contribution is -2.31. The van der Waals surface area contributed by atoms with E-state index in [0.717, 1.165) is 53.7 Å². The van der Waals surface area contributed by atoms with Crippen molar-refractivity contribution in [1.29, 1.82) is 0 Å². The molecule has 182 valence electrons. The summed E-state index contributed by atoms with van der Waals surface area (Å²) in [6.45, 7) is 3.17. The Labute approximate surface area is 203 Å². The average molecular weight is 475 g/mol. The molecule has 3 heterocycles. The zero-order valence-electron chi connectivity index (χ0n) is 20.0. The molecule has 0 radical (unpaired) electrons. The molecule has 0 atom stereocenters. The molecule has 1 amide bonds. The number of hydrogen-bond acceptors (Lipinski definition) is 5. The van der Waals surface area contributed by atoms with E-state index in [2.05, 4.69) is 20.5 Å². The molecule has 1 aliphatic rings. The van der Waals surface area contributed by atoms with Crippen LogP contribution in [0.1, 0.15) is 32.6 Å². The molecule has 1 saturated carbocycles. The van der Waals surface area contributed by atoms with Gasteiger partial charge >= 0.3 is 5.69 Å². The van der Waals surface area contributed by atoms with Crippen molar-refractivity contribution in [1.82, 2.24) is 24.3 Å². The lowest BCUT2D eigenvalue weighted by Gasteiger charge is -2.27. The number of carbonyl (C=O) groups excluding carboxylic acids is 1. The Morgan fingerprint density at radius 2 is 2.00 bits per heavy atom. The van der Waals surface area contributed by atoms with E-state index in [-0.39, 0.29) is 17.5 Å². The summed E-state index contributed by atoms with van der Waals surface area (Å²) in [5, 5.41) is 10.1. The number of nitrogens with zero attached hydrogens (tertiary/aromatic N) is 4. The predicted octanol–water partition coefficient (Wildman–Crippen LogP) is 3.97. The summed E-state index contributed by atoms with van der Waals surface area (Å²) >= 11 is 0. The number of benzene rings is 1. The molecule has 4 aromatic rings. The van der Waals surface area contributed by atoms with Gasteiger partial charge in [-0.2, -0.15) is 5.10 Å². The molecule has 1 aromatic carbocycles. The number of pyridine rings is 1. The predicted molar refractivity (Wildman–Crippen MR) is 134 cm³/mol. The fourth-order valence-electron chi connectivity index (χ4n) is 4.97. The molecule has 0 aliphatic heterocycles. The van der Waals surface area contributed by atoms with Crippen LogP contribution < -0.4 is 15.7 Å². The number of aromatic nitrogens is 5. The molecule has 9 heteroatoms. The molecule has 0 unspecified atom stereocenters. The molecule has 0 bridgehead atoms. The topological polar surface area (TPSA) is 107 Å². The Bertz CT molecular complexity index is 1380. The third kappa shape index (κ3) is 4.71. The fraction of sp³-hybridized carbons (Fsp3) is 0.385. The molecule has 2 N–H and O–H groups in total. The van der Waals surface area contributed by atoms with Crippen LogP contribution in [0.5, 0.6) is 5.75 Å². The first-order chi connectivity index (χ1) is 17.0. The van der Waals surface area contributed by atoms with Crippen molar-refractivity contribution in [2.75, 3.05) is 11.9 Å². The van der Waals surface area contributed by atoms with Crippen LogP contribution in [0, 0.1) is 11.8 Å². The van der Waals surface area contributed by atoms with Crippen LogP contribution in [0.15, 0.2) is 53.6 Å². The smallest absolute Gasteiger partial charge is 0.328 e. The number of aromatic amines is 1. The second-order valence-electron chi connectivity index (χ2n) is 9.15. The van der Waals surface area contributed by atoms with Gasteiger partial charge < -0.3 is 10.1 Å². The van der Waals surface area contributed by atoms with Gasteiger partial charge in [0.1, 0.15) is 5.75 Å². The second kappa shape index (κ2) is 9.77. The van der Waals surface area contributed by atoms with Crippen molar-refractivity contribution in [2.45, 2.75) is 39.2 Å². The van der Waals surface area contributed by atoms with E-state index in [1.54, 1.807) is 24.0 Å². The maximum atomic E-state index is 12.9. The van der Waals surface area contributed by atoms with Crippen molar-refractivity contribution in [3.8, 4) is 17.0 Å². The third-order valence-corrected chi connectivity index (χ3v) is 6.89. The van der Waals surface area contributed by atoms with Crippen LogP contribution in [0.2, 0.25) is 0 Å². The van der Waals surface area contributed by atoms with E-state index in [4.69, 9.17) is 4.74 Å². The molecule has 1 aliphatic carbocycles. The number of carbonyl (C=O) groups is 1. The number of nitrogens with one attached hydrogen (secondary N) is 2. The number of anilines is 1. The van der Waals surface area contributed by atoms with Crippen LogP contribution in [0.3, 0.4) is 0 Å². The number of imidazole rings is 1. The van der Waals surface area contributed by atoms with E-state index in [1.807, 2.05) is 47.9 Å². The molecule has 0 saturated heterocycles. The minimum atomic E-state index is -0.0569. The van der Waals surface area contributed by atoms with Gasteiger partial charge in [0.2, 0.25) is 5.91 Å². The summed E-state index contributed by atoms with van der Waals surface area (Å²) in [4.78, 5) is 29.9. The summed E-state index contributed by atoms with van der Waals surface area (Å²) < 4.78 is 9.19. The SMILES string of the molecule is CCOc1ccc2c(c1)n(CC1CCC(C(=O)Nc3cc(-c4cccnc4)[nH]n3)CC1)c(=O)n2C. The highest BCUT2D eigenvalue weighted by Gasteiger charge is 2.28. The Hall–Kier alpha value is -3.88. The first kappa shape index (κ1) is 22.9. The lowest BCUT2D eigenvalue weighted by atomic mass is 9.81. The van der Waals surface area contributed by atoms with Gasteiger partial charge in [0.25, 0.3) is 0 Å². The van der Waals surface area contributed by atoms with E-state index < -0.39 is 0 Å². The van der Waals surface area contributed by atoms with Crippen LogP contribution in [0.25, 0.3) is 22.3 Å². The lowest BCUT2D eigenvalue weighted by molar-refractivity contribution is -0.121. The molecule has 3 aromatic heterocycles. The summed E-state index contributed by atoms with van der Waals surface area (Å²) in [7, 11) is 1.80. The van der Waals surface area contributed by atoms with Gasteiger partial charge in [0.05, 0.1) is 23.3 Å². The third-order valence-electron chi connectivity index (χ3n) is 6.89. The minimum absolute atomic E-state index is 0.00336. The van der Waals surface area contributed by atoms with E-state index >= 15 is 0 Å². The number of H-pyrrole nitrogens is 1. The van der Waals surface area contributed by atoms with Gasteiger partial charge in [-0.1, -0.05) is 0 Å². The van der Waals surface area contributed by atoms with E-state index in [9.17, 15) is 9.59 Å². The number of rotatable bonds is 7. The van der Waals surface area contributed by atoms with Gasteiger partial charge in [-0.15, -0.1) is 0 Å². The maximum Gasteiger partial charge on any atom is 0.328 e. The van der Waals surface area contributed by atoms with Gasteiger partial charge in [-0.05, 0) is 62.8 Å². The van der Waals surface area contributed by atoms with Gasteiger partial charge in [-0.3, -0.25) is 24.0 Å². The zero-order chi connectivity index (χ0) is 24.4. The molecule has 35 heavy (non-hydrogen) atoms. The average Bonchev–Trinajstić information content (AvgIpc) is 3.44. The number of fused-ring (bicyclic) bond motifs is 1. The number of aryl methyl sites for hydroxylation is 1. The molecule has 1 fully saturated rings. The minimum Gasteiger partial charge on any atom is -0.494 e. The molecular formula is C26H30N6O3. The van der Waals surface area contributed by atoms with Crippen LogP contribution >= 0.6 is 0 Å².